The second-order valence-electron chi connectivity index (χ2n) is 3.81. The minimum absolute atomic E-state index is 0. The smallest absolute Gasteiger partial charge is 0.255 e. The van der Waals surface area contributed by atoms with E-state index in [-0.39, 0.29) is 12.4 Å². The fourth-order valence-electron chi connectivity index (χ4n) is 1.28. The van der Waals surface area contributed by atoms with Gasteiger partial charge < -0.3 is 11.1 Å². The Bertz CT molecular complexity index is 399. The van der Waals surface area contributed by atoms with Crippen LogP contribution in [0.15, 0.2) is 28.7 Å². The third-order valence-corrected chi connectivity index (χ3v) is 2.86. The number of halogens is 4. The van der Waals surface area contributed by atoms with E-state index >= 15 is 0 Å². The van der Waals surface area contributed by atoms with Crippen molar-refractivity contribution in [2.24, 2.45) is 5.73 Å². The lowest BCUT2D eigenvalue weighted by molar-refractivity contribution is -0.126. The van der Waals surface area contributed by atoms with Crippen LogP contribution in [0.1, 0.15) is 12.5 Å². The lowest BCUT2D eigenvalue weighted by atomic mass is 9.92. The molecule has 102 valence electrons. The van der Waals surface area contributed by atoms with Gasteiger partial charge in [-0.3, -0.25) is 4.79 Å². The maximum Gasteiger partial charge on any atom is 0.255 e. The summed E-state index contributed by atoms with van der Waals surface area (Å²) in [6.07, 6.45) is -2.58. The monoisotopic (exact) mass is 342 g/mol. The van der Waals surface area contributed by atoms with E-state index in [0.717, 1.165) is 4.47 Å². The predicted molar refractivity (Wildman–Crippen MR) is 71.9 cm³/mol. The van der Waals surface area contributed by atoms with E-state index < -0.39 is 24.4 Å². The Balaban J connectivity index is 0.00000289. The van der Waals surface area contributed by atoms with E-state index in [2.05, 4.69) is 21.2 Å². The van der Waals surface area contributed by atoms with Gasteiger partial charge in [-0.15, -0.1) is 12.4 Å². The predicted octanol–water partition coefficient (Wildman–Crippen LogP) is 2.43. The SMILES string of the molecule is CC(N)(C(=O)NCC(F)F)c1ccc(Br)cc1.Cl. The third kappa shape index (κ3) is 4.51. The van der Waals surface area contributed by atoms with Gasteiger partial charge in [0.15, 0.2) is 0 Å². The second kappa shape index (κ2) is 7.01. The zero-order valence-electron chi connectivity index (χ0n) is 9.62. The Kier molecular flexibility index (Phi) is 6.73. The number of carbonyl (C=O) groups excluding carboxylic acids is 1. The fourth-order valence-corrected chi connectivity index (χ4v) is 1.55. The molecule has 3 nitrogen and oxygen atoms in total. The van der Waals surface area contributed by atoms with Gasteiger partial charge in [-0.25, -0.2) is 8.78 Å². The summed E-state index contributed by atoms with van der Waals surface area (Å²) in [6, 6.07) is 6.82. The van der Waals surface area contributed by atoms with Crippen LogP contribution in [0.5, 0.6) is 0 Å². The van der Waals surface area contributed by atoms with Gasteiger partial charge in [-0.1, -0.05) is 28.1 Å². The van der Waals surface area contributed by atoms with Gasteiger partial charge >= 0.3 is 0 Å². The van der Waals surface area contributed by atoms with Crippen molar-refractivity contribution >= 4 is 34.2 Å². The van der Waals surface area contributed by atoms with Crippen LogP contribution in [-0.2, 0) is 10.3 Å². The molecule has 1 atom stereocenters. The molecule has 0 aliphatic heterocycles. The summed E-state index contributed by atoms with van der Waals surface area (Å²) < 4.78 is 24.8. The van der Waals surface area contributed by atoms with Gasteiger partial charge in [0, 0.05) is 4.47 Å². The molecule has 0 saturated heterocycles. The van der Waals surface area contributed by atoms with Crippen LogP contribution in [0.3, 0.4) is 0 Å². The Morgan fingerprint density at radius 1 is 1.44 bits per heavy atom. The standard InChI is InChI=1S/C11H13BrF2N2O.ClH/c1-11(15,10(17)16-6-9(13)14)7-2-4-8(12)5-3-7;/h2-5,9H,6,15H2,1H3,(H,16,17);1H. The highest BCUT2D eigenvalue weighted by Crippen LogP contribution is 2.20. The molecule has 18 heavy (non-hydrogen) atoms. The van der Waals surface area contributed by atoms with Crippen molar-refractivity contribution in [1.29, 1.82) is 0 Å². The first-order chi connectivity index (χ1) is 7.84. The molecule has 1 rings (SSSR count). The van der Waals surface area contributed by atoms with E-state index in [4.69, 9.17) is 5.73 Å². The van der Waals surface area contributed by atoms with Crippen molar-refractivity contribution < 1.29 is 13.6 Å². The summed E-state index contributed by atoms with van der Waals surface area (Å²) in [4.78, 5) is 11.7. The van der Waals surface area contributed by atoms with E-state index in [1.807, 2.05) is 0 Å². The quantitative estimate of drug-likeness (QED) is 0.882. The Morgan fingerprint density at radius 3 is 2.39 bits per heavy atom. The molecule has 7 heteroatoms. The number of benzene rings is 1. The van der Waals surface area contributed by atoms with Crippen molar-refractivity contribution in [3.63, 3.8) is 0 Å². The number of rotatable bonds is 4. The summed E-state index contributed by atoms with van der Waals surface area (Å²) in [7, 11) is 0. The number of carbonyl (C=O) groups is 1. The molecule has 0 saturated carbocycles. The average Bonchev–Trinajstić information content (AvgIpc) is 2.26. The molecule has 3 N–H and O–H groups in total. The molecule has 0 aromatic heterocycles. The summed E-state index contributed by atoms with van der Waals surface area (Å²) in [6.45, 7) is 0.791. The number of nitrogens with one attached hydrogen (secondary N) is 1. The summed E-state index contributed by atoms with van der Waals surface area (Å²) in [5, 5.41) is 2.11. The van der Waals surface area contributed by atoms with Crippen molar-refractivity contribution in [3.8, 4) is 0 Å². The largest absolute Gasteiger partial charge is 0.348 e. The van der Waals surface area contributed by atoms with Crippen LogP contribution in [0.4, 0.5) is 8.78 Å². The molecule has 0 fully saturated rings. The average molecular weight is 344 g/mol. The molecule has 0 radical (unpaired) electrons. The van der Waals surface area contributed by atoms with Crippen molar-refractivity contribution in [1.82, 2.24) is 5.32 Å². The van der Waals surface area contributed by atoms with Gasteiger partial charge in [0.2, 0.25) is 5.91 Å². The molecule has 1 aromatic rings. The number of nitrogens with two attached hydrogens (primary N) is 1. The first-order valence-corrected chi connectivity index (χ1v) is 5.74. The van der Waals surface area contributed by atoms with E-state index in [9.17, 15) is 13.6 Å². The highest BCUT2D eigenvalue weighted by molar-refractivity contribution is 9.10. The minimum Gasteiger partial charge on any atom is -0.348 e. The Labute approximate surface area is 119 Å². The molecular weight excluding hydrogens is 329 g/mol. The van der Waals surface area contributed by atoms with Crippen LogP contribution < -0.4 is 11.1 Å². The minimum atomic E-state index is -2.58. The molecule has 0 bridgehead atoms. The summed E-state index contributed by atoms with van der Waals surface area (Å²) >= 11 is 3.26. The molecule has 0 heterocycles. The van der Waals surface area contributed by atoms with E-state index in [1.54, 1.807) is 24.3 Å². The molecule has 1 aromatic carbocycles. The zero-order valence-corrected chi connectivity index (χ0v) is 12.0. The van der Waals surface area contributed by atoms with Crippen molar-refractivity contribution in [2.45, 2.75) is 18.9 Å². The highest BCUT2D eigenvalue weighted by Gasteiger charge is 2.30. The maximum absolute atomic E-state index is 12.0. The van der Waals surface area contributed by atoms with Crippen LogP contribution in [0.2, 0.25) is 0 Å². The van der Waals surface area contributed by atoms with Gasteiger partial charge in [0.25, 0.3) is 6.43 Å². The van der Waals surface area contributed by atoms with Crippen LogP contribution in [0.25, 0.3) is 0 Å². The van der Waals surface area contributed by atoms with Crippen LogP contribution >= 0.6 is 28.3 Å². The third-order valence-electron chi connectivity index (χ3n) is 2.33. The summed E-state index contributed by atoms with van der Waals surface area (Å²) in [5.41, 5.74) is 5.08. The number of hydrogen-bond acceptors (Lipinski definition) is 2. The van der Waals surface area contributed by atoms with Crippen molar-refractivity contribution in [2.75, 3.05) is 6.54 Å². The molecular formula is C11H14BrClF2N2O. The first kappa shape index (κ1) is 17.3. The highest BCUT2D eigenvalue weighted by atomic mass is 79.9. The molecule has 1 unspecified atom stereocenters. The second-order valence-corrected chi connectivity index (χ2v) is 4.73. The molecule has 1 amide bonds. The Morgan fingerprint density at radius 2 is 1.94 bits per heavy atom. The normalized spacial score (nSPS) is 13.7. The summed E-state index contributed by atoms with van der Waals surface area (Å²) in [5.74, 6) is -0.625. The first-order valence-electron chi connectivity index (χ1n) is 4.95. The number of hydrogen-bond donors (Lipinski definition) is 2. The van der Waals surface area contributed by atoms with Crippen LogP contribution in [-0.4, -0.2) is 18.9 Å². The fraction of sp³-hybridized carbons (Fsp3) is 0.364. The van der Waals surface area contributed by atoms with Gasteiger partial charge in [-0.05, 0) is 24.6 Å². The number of alkyl halides is 2. The Hall–Kier alpha value is -0.720. The maximum atomic E-state index is 12.0. The topological polar surface area (TPSA) is 55.1 Å². The number of amides is 1. The van der Waals surface area contributed by atoms with Gasteiger partial charge in [0.05, 0.1) is 6.54 Å². The van der Waals surface area contributed by atoms with Gasteiger partial charge in [-0.2, -0.15) is 0 Å². The lowest BCUT2D eigenvalue weighted by Crippen LogP contribution is -2.50. The molecule has 0 aliphatic carbocycles. The van der Waals surface area contributed by atoms with Crippen molar-refractivity contribution in [3.05, 3.63) is 34.3 Å². The lowest BCUT2D eigenvalue weighted by Gasteiger charge is -2.24. The van der Waals surface area contributed by atoms with E-state index in [1.165, 1.54) is 6.92 Å². The van der Waals surface area contributed by atoms with Crippen LogP contribution in [0, 0.1) is 0 Å². The molecule has 0 aliphatic rings. The zero-order chi connectivity index (χ0) is 13.1. The van der Waals surface area contributed by atoms with E-state index in [0.29, 0.717) is 5.56 Å². The molecule has 0 spiro atoms. The van der Waals surface area contributed by atoms with Gasteiger partial charge in [0.1, 0.15) is 5.54 Å².